The minimum Gasteiger partial charge on any atom is -0.314 e. The highest BCUT2D eigenvalue weighted by Gasteiger charge is 2.12. The molecule has 1 fully saturated rings. The molecule has 1 aromatic carbocycles. The van der Waals surface area contributed by atoms with E-state index in [1.165, 1.54) is 44.2 Å². The minimum atomic E-state index is 0.763. The van der Waals surface area contributed by atoms with Crippen molar-refractivity contribution in [1.29, 1.82) is 0 Å². The number of rotatable bonds is 4. The zero-order valence-corrected chi connectivity index (χ0v) is 10.3. The zero-order chi connectivity index (χ0) is 11.2. The minimum absolute atomic E-state index is 0.763. The summed E-state index contributed by atoms with van der Waals surface area (Å²) in [6.07, 6.45) is 7.84. The van der Waals surface area contributed by atoms with E-state index >= 15 is 0 Å². The highest BCUT2D eigenvalue weighted by atomic mass is 14.9. The van der Waals surface area contributed by atoms with Gasteiger partial charge < -0.3 is 5.32 Å². The van der Waals surface area contributed by atoms with Crippen molar-refractivity contribution in [2.24, 2.45) is 0 Å². The Morgan fingerprint density at radius 3 is 2.69 bits per heavy atom. The summed E-state index contributed by atoms with van der Waals surface area (Å²) in [5, 5.41) is 3.63. The lowest BCUT2D eigenvalue weighted by molar-refractivity contribution is 0.382. The van der Waals surface area contributed by atoms with Gasteiger partial charge in [-0.25, -0.2) is 0 Å². The summed E-state index contributed by atoms with van der Waals surface area (Å²) in [4.78, 5) is 0. The van der Waals surface area contributed by atoms with Crippen molar-refractivity contribution in [1.82, 2.24) is 5.32 Å². The summed E-state index contributed by atoms with van der Waals surface area (Å²) < 4.78 is 0. The fourth-order valence-corrected chi connectivity index (χ4v) is 2.65. The van der Waals surface area contributed by atoms with Gasteiger partial charge in [-0.1, -0.05) is 37.6 Å². The summed E-state index contributed by atoms with van der Waals surface area (Å²) in [5.74, 6) is 0. The molecule has 1 heteroatoms. The van der Waals surface area contributed by atoms with Gasteiger partial charge in [-0.05, 0) is 49.8 Å². The fraction of sp³-hybridized carbons (Fsp3) is 0.600. The molecule has 0 amide bonds. The maximum atomic E-state index is 3.63. The molecule has 1 heterocycles. The van der Waals surface area contributed by atoms with Gasteiger partial charge >= 0.3 is 0 Å². The van der Waals surface area contributed by atoms with Crippen LogP contribution in [0.2, 0.25) is 0 Å². The van der Waals surface area contributed by atoms with Crippen LogP contribution in [0.25, 0.3) is 0 Å². The lowest BCUT2D eigenvalue weighted by Gasteiger charge is -2.23. The lowest BCUT2D eigenvalue weighted by atomic mass is 9.95. The number of nitrogens with one attached hydrogen (secondary N) is 1. The smallest absolute Gasteiger partial charge is 0.00702 e. The SMILES string of the molecule is CCc1ccccc1CCC1CCCCN1. The average molecular weight is 217 g/mol. The zero-order valence-electron chi connectivity index (χ0n) is 10.3. The van der Waals surface area contributed by atoms with Crippen molar-refractivity contribution in [2.75, 3.05) is 6.54 Å². The monoisotopic (exact) mass is 217 g/mol. The Kier molecular flexibility index (Phi) is 4.41. The van der Waals surface area contributed by atoms with Crippen LogP contribution in [0.1, 0.15) is 43.7 Å². The average Bonchev–Trinajstić information content (AvgIpc) is 2.38. The Hall–Kier alpha value is -0.820. The van der Waals surface area contributed by atoms with Crippen molar-refractivity contribution in [3.63, 3.8) is 0 Å². The fourth-order valence-electron chi connectivity index (χ4n) is 2.65. The number of hydrogen-bond donors (Lipinski definition) is 1. The lowest BCUT2D eigenvalue weighted by Crippen LogP contribution is -2.34. The van der Waals surface area contributed by atoms with E-state index in [4.69, 9.17) is 0 Å². The first-order valence-electron chi connectivity index (χ1n) is 6.70. The van der Waals surface area contributed by atoms with E-state index in [-0.39, 0.29) is 0 Å². The van der Waals surface area contributed by atoms with Crippen LogP contribution >= 0.6 is 0 Å². The predicted octanol–water partition coefficient (Wildman–Crippen LogP) is 3.32. The van der Waals surface area contributed by atoms with Gasteiger partial charge in [-0.15, -0.1) is 0 Å². The number of benzene rings is 1. The molecule has 16 heavy (non-hydrogen) atoms. The first-order chi connectivity index (χ1) is 7.90. The van der Waals surface area contributed by atoms with E-state index in [0.29, 0.717) is 0 Å². The van der Waals surface area contributed by atoms with Gasteiger partial charge in [-0.3, -0.25) is 0 Å². The molecule has 1 nitrogen and oxygen atoms in total. The largest absolute Gasteiger partial charge is 0.314 e. The number of aryl methyl sites for hydroxylation is 2. The van der Waals surface area contributed by atoms with Gasteiger partial charge in [0, 0.05) is 6.04 Å². The van der Waals surface area contributed by atoms with Gasteiger partial charge in [0.15, 0.2) is 0 Å². The normalized spacial score (nSPS) is 20.9. The molecule has 1 aliphatic heterocycles. The Morgan fingerprint density at radius 1 is 1.19 bits per heavy atom. The number of piperidine rings is 1. The summed E-state index contributed by atoms with van der Waals surface area (Å²) in [5.41, 5.74) is 3.08. The van der Waals surface area contributed by atoms with Crippen LogP contribution in [0, 0.1) is 0 Å². The maximum Gasteiger partial charge on any atom is 0.00702 e. The Bertz CT molecular complexity index is 313. The third-order valence-corrected chi connectivity index (χ3v) is 3.67. The Labute approximate surface area is 99.3 Å². The van der Waals surface area contributed by atoms with Crippen molar-refractivity contribution >= 4 is 0 Å². The van der Waals surface area contributed by atoms with Gasteiger partial charge in [0.1, 0.15) is 0 Å². The first kappa shape index (κ1) is 11.7. The van der Waals surface area contributed by atoms with Gasteiger partial charge in [0.05, 0.1) is 0 Å². The molecule has 0 aliphatic carbocycles. The second kappa shape index (κ2) is 6.05. The Balaban J connectivity index is 1.88. The second-order valence-electron chi connectivity index (χ2n) is 4.81. The Morgan fingerprint density at radius 2 is 2.00 bits per heavy atom. The summed E-state index contributed by atoms with van der Waals surface area (Å²) in [7, 11) is 0. The van der Waals surface area contributed by atoms with Crippen LogP contribution in [-0.4, -0.2) is 12.6 Å². The molecule has 0 aromatic heterocycles. The highest BCUT2D eigenvalue weighted by Crippen LogP contribution is 2.16. The van der Waals surface area contributed by atoms with Gasteiger partial charge in [-0.2, -0.15) is 0 Å². The molecule has 1 unspecified atom stereocenters. The van der Waals surface area contributed by atoms with Crippen LogP contribution in [0.4, 0.5) is 0 Å². The molecule has 88 valence electrons. The number of hydrogen-bond acceptors (Lipinski definition) is 1. The quantitative estimate of drug-likeness (QED) is 0.815. The van der Waals surface area contributed by atoms with E-state index in [9.17, 15) is 0 Å². The first-order valence-corrected chi connectivity index (χ1v) is 6.70. The molecule has 0 bridgehead atoms. The van der Waals surface area contributed by atoms with Crippen LogP contribution in [0.15, 0.2) is 24.3 Å². The van der Waals surface area contributed by atoms with E-state index < -0.39 is 0 Å². The molecule has 0 spiro atoms. The maximum absolute atomic E-state index is 3.63. The van der Waals surface area contributed by atoms with Crippen LogP contribution in [0.3, 0.4) is 0 Å². The molecule has 0 saturated carbocycles. The van der Waals surface area contributed by atoms with Gasteiger partial charge in [0.25, 0.3) is 0 Å². The molecule has 2 rings (SSSR count). The molecule has 1 N–H and O–H groups in total. The van der Waals surface area contributed by atoms with E-state index in [2.05, 4.69) is 36.5 Å². The molecule has 1 aromatic rings. The van der Waals surface area contributed by atoms with E-state index in [0.717, 1.165) is 12.5 Å². The van der Waals surface area contributed by atoms with Crippen molar-refractivity contribution in [3.8, 4) is 0 Å². The van der Waals surface area contributed by atoms with Crippen molar-refractivity contribution in [2.45, 2.75) is 51.5 Å². The van der Waals surface area contributed by atoms with Crippen LogP contribution < -0.4 is 5.32 Å². The molecule has 1 saturated heterocycles. The van der Waals surface area contributed by atoms with Crippen molar-refractivity contribution < 1.29 is 0 Å². The van der Waals surface area contributed by atoms with Crippen LogP contribution in [0.5, 0.6) is 0 Å². The standard InChI is InChI=1S/C15H23N/c1-2-13-7-3-4-8-14(13)10-11-15-9-5-6-12-16-15/h3-4,7-8,15-16H,2,5-6,9-12H2,1H3. The summed E-state index contributed by atoms with van der Waals surface area (Å²) >= 11 is 0. The predicted molar refractivity (Wildman–Crippen MR) is 69.8 cm³/mol. The molecule has 1 atom stereocenters. The molecular weight excluding hydrogens is 194 g/mol. The third-order valence-electron chi connectivity index (χ3n) is 3.67. The molecule has 0 radical (unpaired) electrons. The summed E-state index contributed by atoms with van der Waals surface area (Å²) in [6.45, 7) is 3.47. The van der Waals surface area contributed by atoms with Crippen LogP contribution in [-0.2, 0) is 12.8 Å². The van der Waals surface area contributed by atoms with E-state index in [1.807, 2.05) is 0 Å². The molecular formula is C15H23N. The van der Waals surface area contributed by atoms with E-state index in [1.54, 1.807) is 5.56 Å². The van der Waals surface area contributed by atoms with Crippen molar-refractivity contribution in [3.05, 3.63) is 35.4 Å². The third kappa shape index (κ3) is 3.08. The topological polar surface area (TPSA) is 12.0 Å². The second-order valence-corrected chi connectivity index (χ2v) is 4.81. The highest BCUT2D eigenvalue weighted by molar-refractivity contribution is 5.27. The molecule has 1 aliphatic rings. The summed E-state index contributed by atoms with van der Waals surface area (Å²) in [6, 6.07) is 9.65. The van der Waals surface area contributed by atoms with Gasteiger partial charge in [0.2, 0.25) is 0 Å².